The van der Waals surface area contributed by atoms with Gasteiger partial charge in [0.2, 0.25) is 0 Å². The molecular weight excluding hydrogens is 471 g/mol. The van der Waals surface area contributed by atoms with Crippen molar-refractivity contribution in [3.63, 3.8) is 0 Å². The average molecular weight is 490 g/mol. The molecule has 0 bridgehead atoms. The molecule has 1 unspecified atom stereocenters. The Morgan fingerprint density at radius 2 is 1.67 bits per heavy atom. The van der Waals surface area contributed by atoms with Crippen LogP contribution < -0.4 is 8.61 Å². The number of anilines is 3. The number of aryl methyl sites for hydroxylation is 1. The van der Waals surface area contributed by atoms with E-state index < -0.39 is 33.1 Å². The highest BCUT2D eigenvalue weighted by atomic mass is 32.2. The maximum Gasteiger partial charge on any atom is 0.335 e. The van der Waals surface area contributed by atoms with Crippen LogP contribution in [-0.2, 0) is 27.7 Å². The SMILES string of the molecule is O=C(O)c1ccc(N(c2ccc3c(c2)N(S(=O)(=O)c2ccc(F)cc2)CCC3)S(=O)[O-])cc1. The lowest BCUT2D eigenvalue weighted by atomic mass is 10.0. The molecule has 8 nitrogen and oxygen atoms in total. The van der Waals surface area contributed by atoms with E-state index >= 15 is 0 Å². The predicted molar refractivity (Wildman–Crippen MR) is 120 cm³/mol. The van der Waals surface area contributed by atoms with Gasteiger partial charge in [-0.1, -0.05) is 6.07 Å². The Kier molecular flexibility index (Phi) is 6.19. The van der Waals surface area contributed by atoms with Gasteiger partial charge >= 0.3 is 5.97 Å². The van der Waals surface area contributed by atoms with E-state index in [-0.39, 0.29) is 28.4 Å². The molecule has 11 heteroatoms. The van der Waals surface area contributed by atoms with Gasteiger partial charge in [0.05, 0.1) is 38.8 Å². The summed E-state index contributed by atoms with van der Waals surface area (Å²) in [6.07, 6.45) is 1.18. The molecule has 33 heavy (non-hydrogen) atoms. The van der Waals surface area contributed by atoms with Crippen LogP contribution in [0.15, 0.2) is 71.6 Å². The van der Waals surface area contributed by atoms with Crippen LogP contribution in [-0.4, -0.2) is 34.8 Å². The van der Waals surface area contributed by atoms with Gasteiger partial charge in [0.15, 0.2) is 0 Å². The largest absolute Gasteiger partial charge is 0.755 e. The number of nitrogens with zero attached hydrogens (tertiary/aromatic N) is 2. The molecule has 1 aliphatic rings. The van der Waals surface area contributed by atoms with Gasteiger partial charge in [-0.2, -0.15) is 0 Å². The monoisotopic (exact) mass is 489 g/mol. The van der Waals surface area contributed by atoms with Crippen molar-refractivity contribution < 1.29 is 31.5 Å². The second kappa shape index (κ2) is 8.93. The zero-order chi connectivity index (χ0) is 23.8. The summed E-state index contributed by atoms with van der Waals surface area (Å²) in [5.41, 5.74) is 1.44. The fraction of sp³-hybridized carbons (Fsp3) is 0.136. The number of sulfonamides is 1. The topological polar surface area (TPSA) is 118 Å². The molecule has 172 valence electrons. The minimum atomic E-state index is -4.01. The third-order valence-corrected chi connectivity index (χ3v) is 7.83. The average Bonchev–Trinajstić information content (AvgIpc) is 2.79. The summed E-state index contributed by atoms with van der Waals surface area (Å²) < 4.78 is 66.1. The van der Waals surface area contributed by atoms with Crippen LogP contribution in [0.5, 0.6) is 0 Å². The van der Waals surface area contributed by atoms with E-state index in [0.29, 0.717) is 18.5 Å². The molecule has 0 saturated carbocycles. The van der Waals surface area contributed by atoms with E-state index in [2.05, 4.69) is 0 Å². The van der Waals surface area contributed by atoms with Gasteiger partial charge in [-0.05, 0) is 79.1 Å². The summed E-state index contributed by atoms with van der Waals surface area (Å²) in [4.78, 5) is 11.0. The fourth-order valence-corrected chi connectivity index (χ4v) is 5.81. The first-order valence-corrected chi connectivity index (χ1v) is 12.3. The molecule has 1 heterocycles. The summed E-state index contributed by atoms with van der Waals surface area (Å²) in [5.74, 6) is -1.70. The number of carbonyl (C=O) groups is 1. The standard InChI is InChI=1S/C22H19FN2O6S2/c23-17-6-11-20(12-7-17)33(30,31)24-13-1-2-15-3-10-19(14-21(15)24)25(32(28)29)18-8-4-16(5-9-18)22(26)27/h3-12,14H,1-2,13H2,(H,26,27)(H,28,29)/p-1. The number of carboxylic acid groups (broad SMARTS) is 1. The van der Waals surface area contributed by atoms with Crippen LogP contribution in [0.3, 0.4) is 0 Å². The molecule has 3 aromatic rings. The van der Waals surface area contributed by atoms with Gasteiger partial charge in [-0.15, -0.1) is 0 Å². The third-order valence-electron chi connectivity index (χ3n) is 5.28. The molecule has 0 radical (unpaired) electrons. The molecule has 3 aromatic carbocycles. The highest BCUT2D eigenvalue weighted by Crippen LogP contribution is 2.37. The molecule has 1 N–H and O–H groups in total. The Hall–Kier alpha value is -3.28. The van der Waals surface area contributed by atoms with Crippen LogP contribution in [0.2, 0.25) is 0 Å². The Morgan fingerprint density at radius 1 is 1.03 bits per heavy atom. The van der Waals surface area contributed by atoms with Crippen molar-refractivity contribution in [2.75, 3.05) is 15.2 Å². The Balaban J connectivity index is 1.77. The first kappa shape index (κ1) is 22.9. The lowest BCUT2D eigenvalue weighted by molar-refractivity contribution is 0.0697. The Labute approximate surface area is 192 Å². The van der Waals surface area contributed by atoms with Gasteiger partial charge in [0.1, 0.15) is 5.82 Å². The molecule has 4 rings (SSSR count). The molecule has 0 aromatic heterocycles. The van der Waals surface area contributed by atoms with E-state index in [1.54, 1.807) is 12.1 Å². The van der Waals surface area contributed by atoms with Crippen molar-refractivity contribution in [3.05, 3.63) is 83.7 Å². The first-order valence-electron chi connectivity index (χ1n) is 9.82. The molecule has 0 spiro atoms. The van der Waals surface area contributed by atoms with Crippen molar-refractivity contribution in [1.29, 1.82) is 0 Å². The molecule has 1 atom stereocenters. The van der Waals surface area contributed by atoms with Crippen molar-refractivity contribution in [2.24, 2.45) is 0 Å². The zero-order valence-electron chi connectivity index (χ0n) is 17.0. The summed E-state index contributed by atoms with van der Waals surface area (Å²) in [7, 11) is -4.01. The van der Waals surface area contributed by atoms with Crippen LogP contribution in [0.1, 0.15) is 22.3 Å². The van der Waals surface area contributed by atoms with E-state index in [1.807, 2.05) is 0 Å². The smallest absolute Gasteiger partial charge is 0.335 e. The number of carboxylic acids is 1. The Morgan fingerprint density at radius 3 is 2.27 bits per heavy atom. The summed E-state index contributed by atoms with van der Waals surface area (Å²) >= 11 is -2.77. The van der Waals surface area contributed by atoms with Gasteiger partial charge in [0, 0.05) is 6.54 Å². The van der Waals surface area contributed by atoms with Crippen LogP contribution >= 0.6 is 0 Å². The van der Waals surface area contributed by atoms with E-state index in [9.17, 15) is 26.4 Å². The quantitative estimate of drug-likeness (QED) is 0.529. The van der Waals surface area contributed by atoms with Crippen molar-refractivity contribution >= 4 is 44.3 Å². The molecule has 0 saturated heterocycles. The number of aromatic carboxylic acids is 1. The van der Waals surface area contributed by atoms with Crippen LogP contribution in [0, 0.1) is 5.82 Å². The van der Waals surface area contributed by atoms with Gasteiger partial charge < -0.3 is 9.66 Å². The van der Waals surface area contributed by atoms with Gasteiger partial charge in [-0.25, -0.2) is 17.6 Å². The van der Waals surface area contributed by atoms with Crippen molar-refractivity contribution in [1.82, 2.24) is 0 Å². The van der Waals surface area contributed by atoms with Crippen LogP contribution in [0.4, 0.5) is 21.5 Å². The molecule has 0 fully saturated rings. The third kappa shape index (κ3) is 4.47. The normalized spacial score (nSPS) is 14.4. The predicted octanol–water partition coefficient (Wildman–Crippen LogP) is 3.60. The zero-order valence-corrected chi connectivity index (χ0v) is 18.7. The highest BCUT2D eigenvalue weighted by Gasteiger charge is 2.30. The second-order valence-corrected chi connectivity index (χ2v) is 9.97. The molecule has 1 aliphatic heterocycles. The van der Waals surface area contributed by atoms with Gasteiger partial charge in [0.25, 0.3) is 10.0 Å². The second-order valence-electron chi connectivity index (χ2n) is 7.31. The maximum atomic E-state index is 13.3. The minimum absolute atomic E-state index is 0.00242. The lowest BCUT2D eigenvalue weighted by Gasteiger charge is -2.33. The number of benzene rings is 3. The molecule has 0 aliphatic carbocycles. The number of rotatable bonds is 6. The van der Waals surface area contributed by atoms with Crippen molar-refractivity contribution in [2.45, 2.75) is 17.7 Å². The first-order chi connectivity index (χ1) is 15.7. The van der Waals surface area contributed by atoms with Crippen molar-refractivity contribution in [3.8, 4) is 0 Å². The number of fused-ring (bicyclic) bond motifs is 1. The summed E-state index contributed by atoms with van der Waals surface area (Å²) in [6, 6.07) is 14.5. The van der Waals surface area contributed by atoms with E-state index in [4.69, 9.17) is 5.11 Å². The van der Waals surface area contributed by atoms with E-state index in [1.165, 1.54) is 46.8 Å². The summed E-state index contributed by atoms with van der Waals surface area (Å²) in [6.45, 7) is 0.184. The molecular formula is C22H18FN2O6S2-. The van der Waals surface area contributed by atoms with E-state index in [0.717, 1.165) is 22.0 Å². The number of hydrogen-bond acceptors (Lipinski definition) is 5. The van der Waals surface area contributed by atoms with Gasteiger partial charge in [-0.3, -0.25) is 12.8 Å². The Bertz CT molecular complexity index is 1330. The number of hydrogen-bond donors (Lipinski definition) is 1. The van der Waals surface area contributed by atoms with Crippen LogP contribution in [0.25, 0.3) is 0 Å². The fourth-order valence-electron chi connectivity index (χ4n) is 3.70. The molecule has 0 amide bonds. The number of halogens is 1. The summed E-state index contributed by atoms with van der Waals surface area (Å²) in [5, 5.41) is 9.07. The maximum absolute atomic E-state index is 13.3. The highest BCUT2D eigenvalue weighted by molar-refractivity contribution is 7.92. The minimum Gasteiger partial charge on any atom is -0.755 e. The lowest BCUT2D eigenvalue weighted by Crippen LogP contribution is -2.35.